The molecule has 0 bridgehead atoms. The molecular weight excluding hydrogens is 437 g/mol. The first-order valence-corrected chi connectivity index (χ1v) is 11.5. The quantitative estimate of drug-likeness (QED) is 0.684. The van der Waals surface area contributed by atoms with Crippen LogP contribution in [-0.4, -0.2) is 56.0 Å². The molecular formula is C20H21F3N2O5S. The Morgan fingerprint density at radius 2 is 2.06 bits per heavy atom. The molecule has 1 unspecified atom stereocenters. The van der Waals surface area contributed by atoms with E-state index in [1.807, 2.05) is 6.07 Å². The fraction of sp³-hybridized carbons (Fsp3) is 0.500. The number of piperidine rings is 1. The molecule has 3 atom stereocenters. The molecule has 2 aliphatic rings. The zero-order chi connectivity index (χ0) is 22.8. The third-order valence-electron chi connectivity index (χ3n) is 5.95. The van der Waals surface area contributed by atoms with E-state index >= 15 is 0 Å². The Labute approximate surface area is 177 Å². The van der Waals surface area contributed by atoms with E-state index in [-0.39, 0.29) is 27.5 Å². The first-order valence-electron chi connectivity index (χ1n) is 9.62. The zero-order valence-electron chi connectivity index (χ0n) is 17.1. The minimum absolute atomic E-state index is 0.164. The van der Waals surface area contributed by atoms with E-state index in [9.17, 15) is 26.4 Å². The second kappa shape index (κ2) is 6.98. The predicted octanol–water partition coefficient (Wildman–Crippen LogP) is 3.13. The van der Waals surface area contributed by atoms with E-state index in [0.29, 0.717) is 18.8 Å². The highest BCUT2D eigenvalue weighted by atomic mass is 32.2. The number of aryl methyl sites for hydroxylation is 1. The molecule has 1 aliphatic carbocycles. The Morgan fingerprint density at radius 1 is 1.35 bits per heavy atom. The largest absolute Gasteiger partial charge is 0.480 e. The summed E-state index contributed by atoms with van der Waals surface area (Å²) in [6, 6.07) is 5.12. The Kier molecular flexibility index (Phi) is 4.87. The molecule has 1 amide bonds. The maximum atomic E-state index is 13.2. The van der Waals surface area contributed by atoms with Gasteiger partial charge in [0.25, 0.3) is 5.91 Å². The van der Waals surface area contributed by atoms with Crippen LogP contribution in [0.25, 0.3) is 0 Å². The Balaban J connectivity index is 1.65. The zero-order valence-corrected chi connectivity index (χ0v) is 17.9. The molecule has 11 heteroatoms. The lowest BCUT2D eigenvalue weighted by atomic mass is 10.0. The summed E-state index contributed by atoms with van der Waals surface area (Å²) in [6.07, 6.45) is -5.01. The molecule has 0 N–H and O–H groups in total. The van der Waals surface area contributed by atoms with E-state index < -0.39 is 28.0 Å². The maximum Gasteiger partial charge on any atom is 0.425 e. The smallest absolute Gasteiger partial charge is 0.425 e. The summed E-state index contributed by atoms with van der Waals surface area (Å²) >= 11 is 0. The number of alkyl halides is 3. The van der Waals surface area contributed by atoms with Gasteiger partial charge in [0, 0.05) is 30.8 Å². The van der Waals surface area contributed by atoms with Gasteiger partial charge in [-0.2, -0.15) is 13.2 Å². The Bertz CT molecular complexity index is 1140. The van der Waals surface area contributed by atoms with Crippen molar-refractivity contribution >= 4 is 15.7 Å². The molecule has 7 nitrogen and oxygen atoms in total. The lowest BCUT2D eigenvalue weighted by Gasteiger charge is -2.24. The van der Waals surface area contributed by atoms with Gasteiger partial charge >= 0.3 is 6.18 Å². The molecule has 2 heterocycles. The van der Waals surface area contributed by atoms with Crippen molar-refractivity contribution in [2.75, 3.05) is 19.3 Å². The average molecular weight is 458 g/mol. The van der Waals surface area contributed by atoms with Crippen LogP contribution in [0.1, 0.15) is 35.2 Å². The number of aromatic nitrogens is 1. The van der Waals surface area contributed by atoms with Gasteiger partial charge in [-0.15, -0.1) is 0 Å². The van der Waals surface area contributed by atoms with Crippen molar-refractivity contribution in [3.63, 3.8) is 0 Å². The van der Waals surface area contributed by atoms with Crippen molar-refractivity contribution in [3.8, 4) is 5.75 Å². The summed E-state index contributed by atoms with van der Waals surface area (Å²) in [5.41, 5.74) is 0.200. The Morgan fingerprint density at radius 3 is 2.65 bits per heavy atom. The van der Waals surface area contributed by atoms with Crippen molar-refractivity contribution in [3.05, 3.63) is 41.3 Å². The van der Waals surface area contributed by atoms with E-state index in [1.54, 1.807) is 6.92 Å². The fourth-order valence-corrected chi connectivity index (χ4v) is 4.72. The van der Waals surface area contributed by atoms with E-state index in [0.717, 1.165) is 43.5 Å². The molecule has 1 aliphatic heterocycles. The summed E-state index contributed by atoms with van der Waals surface area (Å²) in [6.45, 7) is 3.30. The van der Waals surface area contributed by atoms with Crippen molar-refractivity contribution in [2.45, 2.75) is 42.9 Å². The number of amides is 1. The standard InChI is InChI=1S/C20H21F3N2O5S/c1-11-6-17(24-30-11)19-8-13(19)9-25(10-19)18(26)15-7-14(31(3,27)28)4-5-16(15)29-12(2)20(21,22)23/h4-7,12-13H,8-10H2,1-3H3/t12-,13?,19+/m1/s1. The molecule has 4 rings (SSSR count). The van der Waals surface area contributed by atoms with Gasteiger partial charge in [0.1, 0.15) is 11.5 Å². The molecule has 1 aromatic heterocycles. The third kappa shape index (κ3) is 3.90. The highest BCUT2D eigenvalue weighted by Gasteiger charge is 2.63. The average Bonchev–Trinajstić information content (AvgIpc) is 2.99. The van der Waals surface area contributed by atoms with Crippen LogP contribution in [0.5, 0.6) is 5.75 Å². The summed E-state index contributed by atoms with van der Waals surface area (Å²) in [5, 5.41) is 4.07. The minimum atomic E-state index is -4.64. The van der Waals surface area contributed by atoms with Crippen molar-refractivity contribution < 1.29 is 35.6 Å². The number of fused-ring (bicyclic) bond motifs is 1. The number of rotatable bonds is 5. The van der Waals surface area contributed by atoms with Gasteiger partial charge in [-0.25, -0.2) is 8.42 Å². The topological polar surface area (TPSA) is 89.7 Å². The lowest BCUT2D eigenvalue weighted by molar-refractivity contribution is -0.189. The molecule has 168 valence electrons. The summed E-state index contributed by atoms with van der Waals surface area (Å²) in [5.74, 6) is -0.0780. The molecule has 1 aromatic carbocycles. The van der Waals surface area contributed by atoms with Crippen LogP contribution >= 0.6 is 0 Å². The number of ether oxygens (including phenoxy) is 1. The monoisotopic (exact) mass is 458 g/mol. The highest BCUT2D eigenvalue weighted by Crippen LogP contribution is 2.59. The van der Waals surface area contributed by atoms with E-state index in [4.69, 9.17) is 9.26 Å². The number of carbonyl (C=O) groups is 1. The van der Waals surface area contributed by atoms with Crippen LogP contribution in [0.4, 0.5) is 13.2 Å². The minimum Gasteiger partial charge on any atom is -0.480 e. The number of hydrogen-bond acceptors (Lipinski definition) is 6. The van der Waals surface area contributed by atoms with Crippen LogP contribution < -0.4 is 4.74 Å². The van der Waals surface area contributed by atoms with Gasteiger partial charge in [-0.3, -0.25) is 4.79 Å². The summed E-state index contributed by atoms with van der Waals surface area (Å²) in [4.78, 5) is 14.6. The molecule has 0 spiro atoms. The van der Waals surface area contributed by atoms with Gasteiger partial charge in [0.15, 0.2) is 15.9 Å². The lowest BCUT2D eigenvalue weighted by Crippen LogP contribution is -2.35. The van der Waals surface area contributed by atoms with Crippen molar-refractivity contribution in [2.24, 2.45) is 5.92 Å². The van der Waals surface area contributed by atoms with Crippen molar-refractivity contribution in [1.29, 1.82) is 0 Å². The van der Waals surface area contributed by atoms with Crippen molar-refractivity contribution in [1.82, 2.24) is 10.1 Å². The maximum absolute atomic E-state index is 13.2. The van der Waals surface area contributed by atoms with E-state index in [2.05, 4.69) is 5.16 Å². The Hall–Kier alpha value is -2.56. The molecule has 0 radical (unpaired) electrons. The van der Waals surface area contributed by atoms with Gasteiger partial charge in [0.2, 0.25) is 0 Å². The third-order valence-corrected chi connectivity index (χ3v) is 7.06. The van der Waals surface area contributed by atoms with Gasteiger partial charge in [-0.1, -0.05) is 5.16 Å². The van der Waals surface area contributed by atoms with Crippen LogP contribution in [-0.2, 0) is 15.3 Å². The van der Waals surface area contributed by atoms with Gasteiger partial charge < -0.3 is 14.2 Å². The number of carbonyl (C=O) groups excluding carboxylic acids is 1. The number of benzene rings is 1. The number of likely N-dealkylation sites (tertiary alicyclic amines) is 1. The van der Waals surface area contributed by atoms with E-state index in [1.165, 1.54) is 4.90 Å². The van der Waals surface area contributed by atoms with Gasteiger partial charge in [0.05, 0.1) is 16.2 Å². The number of hydrogen-bond donors (Lipinski definition) is 0. The molecule has 1 saturated carbocycles. The first-order chi connectivity index (χ1) is 14.3. The summed E-state index contributed by atoms with van der Waals surface area (Å²) in [7, 11) is -3.68. The normalized spacial score (nSPS) is 24.1. The van der Waals surface area contributed by atoms with Gasteiger partial charge in [-0.05, 0) is 44.4 Å². The SMILES string of the molecule is Cc1cc([C@]23CC2CN(C(=O)c2cc(S(C)(=O)=O)ccc2O[C@H](C)C(F)(F)F)C3)no1. The summed E-state index contributed by atoms with van der Waals surface area (Å²) < 4.78 is 73.1. The second-order valence-corrected chi connectivity index (χ2v) is 10.3. The molecule has 1 saturated heterocycles. The second-order valence-electron chi connectivity index (χ2n) is 8.30. The van der Waals surface area contributed by atoms with Crippen LogP contribution in [0.15, 0.2) is 33.7 Å². The highest BCUT2D eigenvalue weighted by molar-refractivity contribution is 7.90. The number of nitrogens with zero attached hydrogens (tertiary/aromatic N) is 2. The molecule has 2 aromatic rings. The van der Waals surface area contributed by atoms with Crippen LogP contribution in [0, 0.1) is 12.8 Å². The number of sulfone groups is 1. The van der Waals surface area contributed by atoms with Crippen LogP contribution in [0.3, 0.4) is 0 Å². The fourth-order valence-electron chi connectivity index (χ4n) is 4.07. The molecule has 2 fully saturated rings. The number of halogens is 3. The molecule has 31 heavy (non-hydrogen) atoms. The first kappa shape index (κ1) is 21.7. The van der Waals surface area contributed by atoms with Crippen LogP contribution in [0.2, 0.25) is 0 Å². The predicted molar refractivity (Wildman–Crippen MR) is 103 cm³/mol.